The summed E-state index contributed by atoms with van der Waals surface area (Å²) >= 11 is 0. The van der Waals surface area contributed by atoms with Crippen molar-refractivity contribution in [1.82, 2.24) is 4.98 Å². The molecule has 3 aromatic rings. The van der Waals surface area contributed by atoms with E-state index in [4.69, 9.17) is 4.74 Å². The smallest absolute Gasteiger partial charge is 0.257 e. The second-order valence-corrected chi connectivity index (χ2v) is 7.38. The van der Waals surface area contributed by atoms with Crippen molar-refractivity contribution < 1.29 is 19.1 Å². The number of carbonyl (C=O) groups is 3. The standard InChI is InChI=1S/C25H25N3O4/c1-16-6-7-18(13-17(16)2)22(29)10-11-24(30)27-20-8-9-21(23(14-20)32-3)28-25(31)19-5-4-12-26-15-19/h4-9,12-15H,10-11H2,1-3H3,(H,27,30)(H,28,31). The number of ketones is 1. The summed E-state index contributed by atoms with van der Waals surface area (Å²) in [6, 6.07) is 13.8. The molecule has 7 heteroatoms. The Morgan fingerprint density at radius 3 is 2.41 bits per heavy atom. The number of methoxy groups -OCH3 is 1. The Morgan fingerprint density at radius 2 is 1.72 bits per heavy atom. The fourth-order valence-electron chi connectivity index (χ4n) is 3.07. The number of hydrogen-bond acceptors (Lipinski definition) is 5. The molecule has 2 N–H and O–H groups in total. The number of rotatable bonds is 8. The van der Waals surface area contributed by atoms with Crippen LogP contribution >= 0.6 is 0 Å². The van der Waals surface area contributed by atoms with E-state index < -0.39 is 0 Å². The molecule has 0 saturated carbocycles. The molecule has 164 valence electrons. The number of nitrogens with zero attached hydrogens (tertiary/aromatic N) is 1. The van der Waals surface area contributed by atoms with Crippen LogP contribution in [0.25, 0.3) is 0 Å². The quantitative estimate of drug-likeness (QED) is 0.510. The maximum absolute atomic E-state index is 12.4. The van der Waals surface area contributed by atoms with Crippen LogP contribution in [0.1, 0.15) is 44.7 Å². The average Bonchev–Trinajstić information content (AvgIpc) is 2.80. The first-order chi connectivity index (χ1) is 15.4. The van der Waals surface area contributed by atoms with Crippen LogP contribution in [0.5, 0.6) is 5.75 Å². The number of benzene rings is 2. The topological polar surface area (TPSA) is 97.4 Å². The van der Waals surface area contributed by atoms with E-state index in [0.717, 1.165) is 11.1 Å². The second kappa shape index (κ2) is 10.3. The molecule has 0 spiro atoms. The zero-order valence-electron chi connectivity index (χ0n) is 18.3. The molecule has 32 heavy (non-hydrogen) atoms. The van der Waals surface area contributed by atoms with Crippen molar-refractivity contribution in [2.75, 3.05) is 17.7 Å². The van der Waals surface area contributed by atoms with Crippen LogP contribution in [0.15, 0.2) is 60.9 Å². The molecule has 0 radical (unpaired) electrons. The van der Waals surface area contributed by atoms with Crippen molar-refractivity contribution in [3.8, 4) is 5.75 Å². The molecule has 0 fully saturated rings. The Hall–Kier alpha value is -4.00. The minimum atomic E-state index is -0.321. The maximum atomic E-state index is 12.4. The molecule has 2 aromatic carbocycles. The van der Waals surface area contributed by atoms with Crippen molar-refractivity contribution in [2.45, 2.75) is 26.7 Å². The summed E-state index contributed by atoms with van der Waals surface area (Å²) in [6.07, 6.45) is 3.23. The number of carbonyl (C=O) groups excluding carboxylic acids is 3. The SMILES string of the molecule is COc1cc(NC(=O)CCC(=O)c2ccc(C)c(C)c2)ccc1NC(=O)c1cccnc1. The molecule has 0 aliphatic heterocycles. The third kappa shape index (κ3) is 5.78. The number of hydrogen-bond donors (Lipinski definition) is 2. The summed E-state index contributed by atoms with van der Waals surface area (Å²) in [6.45, 7) is 3.94. The summed E-state index contributed by atoms with van der Waals surface area (Å²) in [5.41, 5.74) is 4.15. The van der Waals surface area contributed by atoms with Gasteiger partial charge in [0.15, 0.2) is 5.78 Å². The van der Waals surface area contributed by atoms with Gasteiger partial charge in [0.05, 0.1) is 18.4 Å². The Balaban J connectivity index is 1.59. The fourth-order valence-corrected chi connectivity index (χ4v) is 3.07. The molecule has 2 amide bonds. The van der Waals surface area contributed by atoms with E-state index >= 15 is 0 Å². The molecule has 7 nitrogen and oxygen atoms in total. The van der Waals surface area contributed by atoms with Gasteiger partial charge in [-0.1, -0.05) is 12.1 Å². The average molecular weight is 431 g/mol. The van der Waals surface area contributed by atoms with Gasteiger partial charge in [0.1, 0.15) is 5.75 Å². The maximum Gasteiger partial charge on any atom is 0.257 e. The highest BCUT2D eigenvalue weighted by Crippen LogP contribution is 2.28. The van der Waals surface area contributed by atoms with Crippen molar-refractivity contribution >= 4 is 29.0 Å². The summed E-state index contributed by atoms with van der Waals surface area (Å²) < 4.78 is 5.35. The molecular weight excluding hydrogens is 406 g/mol. The normalized spacial score (nSPS) is 10.3. The zero-order valence-corrected chi connectivity index (χ0v) is 18.3. The van der Waals surface area contributed by atoms with Gasteiger partial charge in [0.25, 0.3) is 5.91 Å². The lowest BCUT2D eigenvalue weighted by Gasteiger charge is -2.13. The Bertz CT molecular complexity index is 1140. The number of anilines is 2. The van der Waals surface area contributed by atoms with Crippen molar-refractivity contribution in [2.24, 2.45) is 0 Å². The van der Waals surface area contributed by atoms with Crippen LogP contribution in [0, 0.1) is 13.8 Å². The monoisotopic (exact) mass is 431 g/mol. The first-order valence-electron chi connectivity index (χ1n) is 10.2. The molecule has 0 aliphatic rings. The van der Waals surface area contributed by atoms with Crippen LogP contribution in [-0.2, 0) is 4.79 Å². The number of nitrogens with one attached hydrogen (secondary N) is 2. The van der Waals surface area contributed by atoms with Gasteiger partial charge in [-0.3, -0.25) is 19.4 Å². The molecule has 0 unspecified atom stereocenters. The summed E-state index contributed by atoms with van der Waals surface area (Å²) in [5, 5.41) is 5.53. The lowest BCUT2D eigenvalue weighted by atomic mass is 10.0. The van der Waals surface area contributed by atoms with E-state index in [1.165, 1.54) is 13.3 Å². The van der Waals surface area contributed by atoms with Gasteiger partial charge in [0, 0.05) is 42.6 Å². The number of ether oxygens (including phenoxy) is 1. The second-order valence-electron chi connectivity index (χ2n) is 7.38. The molecule has 0 aliphatic carbocycles. The summed E-state index contributed by atoms with van der Waals surface area (Å²) in [7, 11) is 1.48. The largest absolute Gasteiger partial charge is 0.494 e. The highest BCUT2D eigenvalue weighted by molar-refractivity contribution is 6.05. The van der Waals surface area contributed by atoms with Gasteiger partial charge in [-0.15, -0.1) is 0 Å². The van der Waals surface area contributed by atoms with Crippen molar-refractivity contribution in [3.63, 3.8) is 0 Å². The Labute approximate surface area is 186 Å². The third-order valence-corrected chi connectivity index (χ3v) is 5.07. The molecular formula is C25H25N3O4. The minimum Gasteiger partial charge on any atom is -0.494 e. The van der Waals surface area contributed by atoms with E-state index in [1.807, 2.05) is 26.0 Å². The van der Waals surface area contributed by atoms with E-state index in [1.54, 1.807) is 42.6 Å². The number of aromatic nitrogens is 1. The van der Waals surface area contributed by atoms with E-state index in [-0.39, 0.29) is 30.4 Å². The zero-order chi connectivity index (χ0) is 23.1. The van der Waals surface area contributed by atoms with Crippen LogP contribution in [0.4, 0.5) is 11.4 Å². The van der Waals surface area contributed by atoms with Crippen LogP contribution in [0.3, 0.4) is 0 Å². The first kappa shape index (κ1) is 22.7. The molecule has 1 aromatic heterocycles. The molecule has 0 atom stereocenters. The van der Waals surface area contributed by atoms with Crippen LogP contribution in [0.2, 0.25) is 0 Å². The summed E-state index contributed by atoms with van der Waals surface area (Å²) in [5.74, 6) is -0.282. The van der Waals surface area contributed by atoms with Crippen LogP contribution in [-0.4, -0.2) is 29.7 Å². The highest BCUT2D eigenvalue weighted by atomic mass is 16.5. The molecule has 3 rings (SSSR count). The number of amides is 2. The number of aryl methyl sites for hydroxylation is 2. The fraction of sp³-hybridized carbons (Fsp3) is 0.200. The third-order valence-electron chi connectivity index (χ3n) is 5.07. The predicted octanol–water partition coefficient (Wildman–Crippen LogP) is 4.56. The van der Waals surface area contributed by atoms with Crippen LogP contribution < -0.4 is 15.4 Å². The van der Waals surface area contributed by atoms with Gasteiger partial charge in [0.2, 0.25) is 5.91 Å². The van der Waals surface area contributed by atoms with E-state index in [2.05, 4.69) is 15.6 Å². The number of pyridine rings is 1. The molecule has 0 bridgehead atoms. The Kier molecular flexibility index (Phi) is 7.33. The highest BCUT2D eigenvalue weighted by Gasteiger charge is 2.13. The van der Waals surface area contributed by atoms with Gasteiger partial charge in [-0.25, -0.2) is 0 Å². The number of Topliss-reactive ketones (excluding diaryl/α,β-unsaturated/α-hetero) is 1. The molecule has 1 heterocycles. The molecule has 0 saturated heterocycles. The first-order valence-corrected chi connectivity index (χ1v) is 10.2. The van der Waals surface area contributed by atoms with Crippen molar-refractivity contribution in [3.05, 3.63) is 83.2 Å². The van der Waals surface area contributed by atoms with Gasteiger partial charge in [-0.05, 0) is 55.3 Å². The Morgan fingerprint density at radius 1 is 0.906 bits per heavy atom. The minimum absolute atomic E-state index is 0.0631. The van der Waals surface area contributed by atoms with Gasteiger partial charge < -0.3 is 15.4 Å². The van der Waals surface area contributed by atoms with Crippen molar-refractivity contribution in [1.29, 1.82) is 0 Å². The lowest BCUT2D eigenvalue weighted by Crippen LogP contribution is -2.15. The van der Waals surface area contributed by atoms with Gasteiger partial charge >= 0.3 is 0 Å². The van der Waals surface area contributed by atoms with E-state index in [9.17, 15) is 14.4 Å². The van der Waals surface area contributed by atoms with E-state index in [0.29, 0.717) is 28.3 Å². The lowest BCUT2D eigenvalue weighted by molar-refractivity contribution is -0.116. The predicted molar refractivity (Wildman–Crippen MR) is 123 cm³/mol. The van der Waals surface area contributed by atoms with Gasteiger partial charge in [-0.2, -0.15) is 0 Å². The summed E-state index contributed by atoms with van der Waals surface area (Å²) in [4.78, 5) is 41.0.